The van der Waals surface area contributed by atoms with E-state index < -0.39 is 0 Å². The summed E-state index contributed by atoms with van der Waals surface area (Å²) in [6, 6.07) is 7.66. The molecule has 2 rings (SSSR count). The van der Waals surface area contributed by atoms with Gasteiger partial charge in [0.2, 0.25) is 0 Å². The molecule has 20 heavy (non-hydrogen) atoms. The van der Waals surface area contributed by atoms with Crippen molar-refractivity contribution in [2.45, 2.75) is 39.5 Å². The molecule has 1 fully saturated rings. The molecule has 1 heterocycles. The highest BCUT2D eigenvalue weighted by molar-refractivity contribution is 5.43. The number of nitrogens with zero attached hydrogens (tertiary/aromatic N) is 1. The van der Waals surface area contributed by atoms with E-state index in [4.69, 9.17) is 10.5 Å². The quantitative estimate of drug-likeness (QED) is 0.808. The lowest BCUT2D eigenvalue weighted by Crippen LogP contribution is -2.41. The van der Waals surface area contributed by atoms with Gasteiger partial charge >= 0.3 is 0 Å². The number of hydrogen-bond acceptors (Lipinski definition) is 3. The zero-order chi connectivity index (χ0) is 14.4. The summed E-state index contributed by atoms with van der Waals surface area (Å²) in [6.07, 6.45) is 5.30. The van der Waals surface area contributed by atoms with Crippen molar-refractivity contribution < 1.29 is 4.74 Å². The largest absolute Gasteiger partial charge is 0.492 e. The average molecular weight is 276 g/mol. The average Bonchev–Trinajstić information content (AvgIpc) is 2.48. The number of anilines is 1. The van der Waals surface area contributed by atoms with Crippen LogP contribution in [0.15, 0.2) is 24.3 Å². The van der Waals surface area contributed by atoms with Crippen LogP contribution in [0.5, 0.6) is 5.75 Å². The van der Waals surface area contributed by atoms with Crippen molar-refractivity contribution in [1.82, 2.24) is 4.90 Å². The maximum absolute atomic E-state index is 5.77. The molecule has 1 aromatic rings. The summed E-state index contributed by atoms with van der Waals surface area (Å²) in [4.78, 5) is 2.52. The summed E-state index contributed by atoms with van der Waals surface area (Å²) in [6.45, 7) is 8.85. The summed E-state index contributed by atoms with van der Waals surface area (Å²) in [5, 5.41) is 0. The van der Waals surface area contributed by atoms with Crippen molar-refractivity contribution in [3.63, 3.8) is 0 Å². The molecule has 1 aliphatic rings. The predicted octanol–water partition coefficient (Wildman–Crippen LogP) is 3.55. The Morgan fingerprint density at radius 1 is 1.20 bits per heavy atom. The van der Waals surface area contributed by atoms with Gasteiger partial charge in [0.25, 0.3) is 0 Å². The highest BCUT2D eigenvalue weighted by Crippen LogP contribution is 2.37. The summed E-state index contributed by atoms with van der Waals surface area (Å²) >= 11 is 0. The lowest BCUT2D eigenvalue weighted by atomic mass is 9.74. The molecule has 3 heteroatoms. The number of rotatable bonds is 6. The Kier molecular flexibility index (Phi) is 5.30. The standard InChI is InChI=1S/C17H28N2O/c1-3-17(4-2)8-10-19(11-9-17)12-13-20-16-7-5-6-15(18)14-16/h5-7,14H,3-4,8-13,18H2,1-2H3. The first kappa shape index (κ1) is 15.2. The number of nitrogens with two attached hydrogens (primary N) is 1. The van der Waals surface area contributed by atoms with Gasteiger partial charge < -0.3 is 10.5 Å². The van der Waals surface area contributed by atoms with Crippen LogP contribution in [0.1, 0.15) is 39.5 Å². The molecule has 1 saturated heterocycles. The van der Waals surface area contributed by atoms with Crippen LogP contribution in [-0.2, 0) is 0 Å². The highest BCUT2D eigenvalue weighted by Gasteiger charge is 2.30. The summed E-state index contributed by atoms with van der Waals surface area (Å²) in [5.74, 6) is 0.874. The highest BCUT2D eigenvalue weighted by atomic mass is 16.5. The third kappa shape index (κ3) is 3.89. The van der Waals surface area contributed by atoms with Crippen molar-refractivity contribution in [3.8, 4) is 5.75 Å². The summed E-state index contributed by atoms with van der Waals surface area (Å²) < 4.78 is 5.77. The Morgan fingerprint density at radius 2 is 1.90 bits per heavy atom. The van der Waals surface area contributed by atoms with Gasteiger partial charge in [-0.2, -0.15) is 0 Å². The molecule has 112 valence electrons. The van der Waals surface area contributed by atoms with Gasteiger partial charge in [0.15, 0.2) is 0 Å². The van der Waals surface area contributed by atoms with Crippen LogP contribution in [0, 0.1) is 5.41 Å². The third-order valence-electron chi connectivity index (χ3n) is 4.95. The van der Waals surface area contributed by atoms with Crippen molar-refractivity contribution in [3.05, 3.63) is 24.3 Å². The molecule has 0 bridgehead atoms. The van der Waals surface area contributed by atoms with Gasteiger partial charge in [-0.15, -0.1) is 0 Å². The minimum absolute atomic E-state index is 0.602. The fourth-order valence-electron chi connectivity index (χ4n) is 3.11. The number of likely N-dealkylation sites (tertiary alicyclic amines) is 1. The fraction of sp³-hybridized carbons (Fsp3) is 0.647. The van der Waals surface area contributed by atoms with Gasteiger partial charge in [-0.05, 0) is 43.5 Å². The zero-order valence-corrected chi connectivity index (χ0v) is 12.9. The van der Waals surface area contributed by atoms with Gasteiger partial charge in [0.1, 0.15) is 12.4 Å². The van der Waals surface area contributed by atoms with E-state index in [-0.39, 0.29) is 0 Å². The Morgan fingerprint density at radius 3 is 2.50 bits per heavy atom. The first-order valence-corrected chi connectivity index (χ1v) is 7.88. The van der Waals surface area contributed by atoms with Crippen molar-refractivity contribution in [1.29, 1.82) is 0 Å². The van der Waals surface area contributed by atoms with Crippen LogP contribution in [-0.4, -0.2) is 31.1 Å². The Labute approximate surface area is 123 Å². The Bertz CT molecular complexity index is 405. The van der Waals surface area contributed by atoms with Gasteiger partial charge in [0.05, 0.1) is 0 Å². The summed E-state index contributed by atoms with van der Waals surface area (Å²) in [7, 11) is 0. The van der Waals surface area contributed by atoms with Crippen LogP contribution < -0.4 is 10.5 Å². The second-order valence-corrected chi connectivity index (χ2v) is 5.97. The van der Waals surface area contributed by atoms with Gasteiger partial charge in [0, 0.05) is 18.3 Å². The van der Waals surface area contributed by atoms with Crippen molar-refractivity contribution >= 4 is 5.69 Å². The molecule has 0 unspecified atom stereocenters. The second kappa shape index (κ2) is 6.98. The molecular weight excluding hydrogens is 248 g/mol. The van der Waals surface area contributed by atoms with E-state index in [2.05, 4.69) is 18.7 Å². The third-order valence-corrected chi connectivity index (χ3v) is 4.95. The van der Waals surface area contributed by atoms with Crippen LogP contribution in [0.25, 0.3) is 0 Å². The number of hydrogen-bond donors (Lipinski definition) is 1. The van der Waals surface area contributed by atoms with E-state index in [1.165, 1.54) is 38.8 Å². The minimum Gasteiger partial charge on any atom is -0.492 e. The Balaban J connectivity index is 1.71. The van der Waals surface area contributed by atoms with Crippen LogP contribution in [0.2, 0.25) is 0 Å². The van der Waals surface area contributed by atoms with E-state index >= 15 is 0 Å². The molecule has 0 saturated carbocycles. The molecule has 0 radical (unpaired) electrons. The van der Waals surface area contributed by atoms with Crippen LogP contribution >= 0.6 is 0 Å². The van der Waals surface area contributed by atoms with E-state index in [0.29, 0.717) is 5.41 Å². The normalized spacial score (nSPS) is 18.9. The zero-order valence-electron chi connectivity index (χ0n) is 12.9. The minimum atomic E-state index is 0.602. The molecule has 0 amide bonds. The number of piperidine rings is 1. The molecule has 1 aliphatic heterocycles. The molecule has 3 nitrogen and oxygen atoms in total. The maximum Gasteiger partial charge on any atom is 0.121 e. The topological polar surface area (TPSA) is 38.5 Å². The molecule has 0 aliphatic carbocycles. The van der Waals surface area contributed by atoms with Gasteiger partial charge in [-0.3, -0.25) is 4.90 Å². The summed E-state index contributed by atoms with van der Waals surface area (Å²) in [5.41, 5.74) is 7.11. The van der Waals surface area contributed by atoms with E-state index in [1.54, 1.807) is 0 Å². The molecule has 0 aromatic heterocycles. The van der Waals surface area contributed by atoms with Gasteiger partial charge in [-0.1, -0.05) is 32.8 Å². The van der Waals surface area contributed by atoms with Crippen molar-refractivity contribution in [2.75, 3.05) is 32.0 Å². The second-order valence-electron chi connectivity index (χ2n) is 5.97. The monoisotopic (exact) mass is 276 g/mol. The molecular formula is C17H28N2O. The SMILES string of the molecule is CCC1(CC)CCN(CCOc2cccc(N)c2)CC1. The van der Waals surface area contributed by atoms with E-state index in [1.807, 2.05) is 24.3 Å². The first-order chi connectivity index (χ1) is 9.67. The molecule has 0 atom stereocenters. The molecule has 0 spiro atoms. The van der Waals surface area contributed by atoms with Crippen molar-refractivity contribution in [2.24, 2.45) is 5.41 Å². The predicted molar refractivity (Wildman–Crippen MR) is 85.0 cm³/mol. The van der Waals surface area contributed by atoms with Crippen LogP contribution in [0.4, 0.5) is 5.69 Å². The van der Waals surface area contributed by atoms with E-state index in [0.717, 1.165) is 24.6 Å². The fourth-order valence-corrected chi connectivity index (χ4v) is 3.11. The Hall–Kier alpha value is -1.22. The number of benzene rings is 1. The van der Waals surface area contributed by atoms with Gasteiger partial charge in [-0.25, -0.2) is 0 Å². The first-order valence-electron chi connectivity index (χ1n) is 7.88. The maximum atomic E-state index is 5.77. The lowest BCUT2D eigenvalue weighted by molar-refractivity contribution is 0.0851. The molecule has 2 N–H and O–H groups in total. The van der Waals surface area contributed by atoms with E-state index in [9.17, 15) is 0 Å². The number of nitrogen functional groups attached to an aromatic ring is 1. The van der Waals surface area contributed by atoms with Crippen LogP contribution in [0.3, 0.4) is 0 Å². The lowest BCUT2D eigenvalue weighted by Gasteiger charge is -2.41. The molecule has 1 aromatic carbocycles. The smallest absolute Gasteiger partial charge is 0.121 e. The number of ether oxygens (including phenoxy) is 1.